The van der Waals surface area contributed by atoms with Crippen LogP contribution in [0.3, 0.4) is 0 Å². The molecule has 1 aliphatic carbocycles. The Morgan fingerprint density at radius 3 is 2.29 bits per heavy atom. The number of nitrogens with zero attached hydrogens (tertiary/aromatic N) is 1. The molecule has 0 aromatic heterocycles. The minimum absolute atomic E-state index is 0.0420. The van der Waals surface area contributed by atoms with Gasteiger partial charge in [-0.2, -0.15) is 0 Å². The molecular weight excluding hydrogens is 424 g/mol. The highest BCUT2D eigenvalue weighted by atomic mass is 16.7. The van der Waals surface area contributed by atoms with Crippen LogP contribution in [0.15, 0.2) is 48.5 Å². The summed E-state index contributed by atoms with van der Waals surface area (Å²) >= 11 is 0. The van der Waals surface area contributed by atoms with E-state index in [1.807, 2.05) is 12.1 Å². The van der Waals surface area contributed by atoms with Gasteiger partial charge >= 0.3 is 0 Å². The molecule has 2 saturated heterocycles. The number of aliphatic hydroxyl groups is 1. The van der Waals surface area contributed by atoms with E-state index in [2.05, 4.69) is 62.1 Å². The summed E-state index contributed by atoms with van der Waals surface area (Å²) in [5.41, 5.74) is 10.8. The van der Waals surface area contributed by atoms with Gasteiger partial charge in [0, 0.05) is 37.7 Å². The maximum Gasteiger partial charge on any atom is 0.184 e. The topological polar surface area (TPSA) is 68.0 Å². The first kappa shape index (κ1) is 24.0. The Bertz CT molecular complexity index is 918. The number of ether oxygens (including phenoxy) is 2. The maximum atomic E-state index is 9.44. The minimum atomic E-state index is -0.401. The van der Waals surface area contributed by atoms with Gasteiger partial charge in [0.1, 0.15) is 0 Å². The summed E-state index contributed by atoms with van der Waals surface area (Å²) in [5.74, 6) is 0. The Balaban J connectivity index is 1.37. The van der Waals surface area contributed by atoms with Crippen LogP contribution in [0.4, 0.5) is 0 Å². The van der Waals surface area contributed by atoms with Crippen LogP contribution in [0.1, 0.15) is 81.1 Å². The first-order chi connectivity index (χ1) is 16.3. The fourth-order valence-electron chi connectivity index (χ4n) is 6.90. The van der Waals surface area contributed by atoms with Crippen LogP contribution < -0.4 is 5.73 Å². The number of likely N-dealkylation sites (tertiary alicyclic amines) is 1. The Morgan fingerprint density at radius 1 is 0.941 bits per heavy atom. The SMILES string of the molecule is CC1(C)CC2CC(C)(CN2C[C@H]2C[C@@H](c3ccc(CO)cc3)O[C@@H](c3ccc(CN)cc3)O2)C1. The van der Waals surface area contributed by atoms with Gasteiger partial charge in [0.25, 0.3) is 0 Å². The molecule has 2 unspecified atom stereocenters. The number of fused-ring (bicyclic) bond motifs is 2. The lowest BCUT2D eigenvalue weighted by molar-refractivity contribution is -0.253. The number of aliphatic hydroxyl groups excluding tert-OH is 1. The number of nitrogens with two attached hydrogens (primary N) is 1. The Hall–Kier alpha value is -1.76. The average Bonchev–Trinajstić information content (AvgIpc) is 3.06. The number of hydrogen-bond donors (Lipinski definition) is 2. The van der Waals surface area contributed by atoms with Gasteiger partial charge < -0.3 is 20.3 Å². The van der Waals surface area contributed by atoms with Crippen molar-refractivity contribution in [3.63, 3.8) is 0 Å². The van der Waals surface area contributed by atoms with Gasteiger partial charge in [0.05, 0.1) is 18.8 Å². The highest BCUT2D eigenvalue weighted by molar-refractivity contribution is 5.26. The number of benzene rings is 2. The summed E-state index contributed by atoms with van der Waals surface area (Å²) in [7, 11) is 0. The highest BCUT2D eigenvalue weighted by Gasteiger charge is 2.50. The monoisotopic (exact) mass is 464 g/mol. The van der Waals surface area contributed by atoms with Crippen molar-refractivity contribution in [1.82, 2.24) is 4.90 Å². The van der Waals surface area contributed by atoms with Gasteiger partial charge in [-0.1, -0.05) is 69.3 Å². The van der Waals surface area contributed by atoms with E-state index in [1.165, 1.54) is 19.3 Å². The fourth-order valence-corrected chi connectivity index (χ4v) is 6.90. The summed E-state index contributed by atoms with van der Waals surface area (Å²) < 4.78 is 13.1. The minimum Gasteiger partial charge on any atom is -0.392 e. The predicted molar refractivity (Wildman–Crippen MR) is 134 cm³/mol. The fraction of sp³-hybridized carbons (Fsp3) is 0.586. The van der Waals surface area contributed by atoms with Crippen molar-refractivity contribution < 1.29 is 14.6 Å². The van der Waals surface area contributed by atoms with Crippen molar-refractivity contribution in [3.05, 3.63) is 70.8 Å². The summed E-state index contributed by atoms with van der Waals surface area (Å²) in [5, 5.41) is 9.44. The molecule has 0 radical (unpaired) electrons. The lowest BCUT2D eigenvalue weighted by atomic mass is 9.65. The zero-order valence-electron chi connectivity index (χ0n) is 20.9. The van der Waals surface area contributed by atoms with Crippen molar-refractivity contribution in [2.45, 2.75) is 84.1 Å². The molecule has 5 nitrogen and oxygen atoms in total. The lowest BCUT2D eigenvalue weighted by Gasteiger charge is -2.41. The Labute approximate surface area is 204 Å². The zero-order valence-corrected chi connectivity index (χ0v) is 20.9. The summed E-state index contributed by atoms with van der Waals surface area (Å²) in [6.07, 6.45) is 4.36. The standard InChI is InChI=1S/C29H40N2O3/c1-28(2)13-24-14-29(3,18-28)19-31(24)16-25-12-26(22-8-6-21(17-32)7-9-22)34-27(33-25)23-10-4-20(15-30)5-11-23/h4-11,24-27,32H,12-19,30H2,1-3H3/t24?,25-,26+,27+,29?/m1/s1. The third-order valence-corrected chi connectivity index (χ3v) is 8.06. The highest BCUT2D eigenvalue weighted by Crippen LogP contribution is 2.52. The second-order valence-corrected chi connectivity index (χ2v) is 11.9. The van der Waals surface area contributed by atoms with E-state index in [9.17, 15) is 5.11 Å². The second kappa shape index (κ2) is 9.36. The molecular formula is C29H40N2O3. The molecule has 184 valence electrons. The van der Waals surface area contributed by atoms with Crippen molar-refractivity contribution in [3.8, 4) is 0 Å². The van der Waals surface area contributed by atoms with E-state index in [0.29, 0.717) is 23.4 Å². The number of hydrogen-bond acceptors (Lipinski definition) is 5. The molecule has 5 atom stereocenters. The average molecular weight is 465 g/mol. The normalized spacial score (nSPS) is 33.2. The van der Waals surface area contributed by atoms with Gasteiger partial charge in [-0.05, 0) is 46.8 Å². The zero-order chi connectivity index (χ0) is 23.9. The third-order valence-electron chi connectivity index (χ3n) is 8.06. The molecule has 34 heavy (non-hydrogen) atoms. The summed E-state index contributed by atoms with van der Waals surface area (Å²) in [4.78, 5) is 2.70. The van der Waals surface area contributed by atoms with Gasteiger partial charge in [0.15, 0.2) is 6.29 Å². The second-order valence-electron chi connectivity index (χ2n) is 11.9. The maximum absolute atomic E-state index is 9.44. The largest absolute Gasteiger partial charge is 0.392 e. The summed E-state index contributed by atoms with van der Waals surface area (Å²) in [6, 6.07) is 17.1. The van der Waals surface area contributed by atoms with Crippen LogP contribution in [0.5, 0.6) is 0 Å². The first-order valence-electron chi connectivity index (χ1n) is 12.8. The molecule has 5 heteroatoms. The molecule has 0 amide bonds. The quantitative estimate of drug-likeness (QED) is 0.624. The molecule has 1 saturated carbocycles. The predicted octanol–water partition coefficient (Wildman–Crippen LogP) is 5.08. The molecule has 2 heterocycles. The Morgan fingerprint density at radius 2 is 1.62 bits per heavy atom. The molecule has 2 aromatic rings. The van der Waals surface area contributed by atoms with E-state index < -0.39 is 6.29 Å². The molecule has 3 aliphatic rings. The van der Waals surface area contributed by atoms with Crippen LogP contribution >= 0.6 is 0 Å². The van der Waals surface area contributed by atoms with Crippen molar-refractivity contribution in [2.75, 3.05) is 13.1 Å². The van der Waals surface area contributed by atoms with Gasteiger partial charge in [-0.15, -0.1) is 0 Å². The summed E-state index contributed by atoms with van der Waals surface area (Å²) in [6.45, 7) is 10.0. The molecule has 3 N–H and O–H groups in total. The van der Waals surface area contributed by atoms with Gasteiger partial charge in [0.2, 0.25) is 0 Å². The number of rotatable bonds is 6. The molecule has 2 aliphatic heterocycles. The third kappa shape index (κ3) is 5.09. The van der Waals surface area contributed by atoms with Gasteiger partial charge in [-0.3, -0.25) is 4.90 Å². The molecule has 2 bridgehead atoms. The Kier molecular flexibility index (Phi) is 6.60. The van der Waals surface area contributed by atoms with E-state index in [0.717, 1.165) is 41.8 Å². The van der Waals surface area contributed by atoms with Crippen molar-refractivity contribution in [1.29, 1.82) is 0 Å². The van der Waals surface area contributed by atoms with Crippen molar-refractivity contribution in [2.24, 2.45) is 16.6 Å². The van der Waals surface area contributed by atoms with Crippen molar-refractivity contribution >= 4 is 0 Å². The van der Waals surface area contributed by atoms with Crippen LogP contribution in [-0.4, -0.2) is 35.2 Å². The van der Waals surface area contributed by atoms with E-state index in [1.54, 1.807) is 0 Å². The first-order valence-corrected chi connectivity index (χ1v) is 12.8. The van der Waals surface area contributed by atoms with Crippen LogP contribution in [0.2, 0.25) is 0 Å². The van der Waals surface area contributed by atoms with E-state index >= 15 is 0 Å². The van der Waals surface area contributed by atoms with Crippen LogP contribution in [0, 0.1) is 10.8 Å². The van der Waals surface area contributed by atoms with E-state index in [-0.39, 0.29) is 18.8 Å². The molecule has 5 rings (SSSR count). The molecule has 2 aromatic carbocycles. The van der Waals surface area contributed by atoms with E-state index in [4.69, 9.17) is 15.2 Å². The van der Waals surface area contributed by atoms with Gasteiger partial charge in [-0.25, -0.2) is 0 Å². The lowest BCUT2D eigenvalue weighted by Crippen LogP contribution is -2.42. The van der Waals surface area contributed by atoms with Crippen LogP contribution in [-0.2, 0) is 22.6 Å². The molecule has 0 spiro atoms. The smallest absolute Gasteiger partial charge is 0.184 e. The molecule has 3 fully saturated rings. The van der Waals surface area contributed by atoms with Crippen LogP contribution in [0.25, 0.3) is 0 Å².